The number of benzene rings is 2. The molecule has 1 atom stereocenters. The number of aliphatic hydroxyl groups excluding tert-OH is 1. The number of phenols is 1. The van der Waals surface area contributed by atoms with Gasteiger partial charge in [-0.3, -0.25) is 4.79 Å². The summed E-state index contributed by atoms with van der Waals surface area (Å²) in [5, 5.41) is 27.5. The van der Waals surface area contributed by atoms with Crippen molar-refractivity contribution in [2.24, 2.45) is 0 Å². The lowest BCUT2D eigenvalue weighted by molar-refractivity contribution is -0.118. The number of β-amino-alcohol motifs (C(OH)–C–C–N with tert-alkyl or cyclic N) is 1. The summed E-state index contributed by atoms with van der Waals surface area (Å²) >= 11 is 12.0. The van der Waals surface area contributed by atoms with Crippen molar-refractivity contribution in [1.82, 2.24) is 5.32 Å². The number of ether oxygens (including phenoxy) is 1. The maximum Gasteiger partial charge on any atom is 0.262 e. The van der Waals surface area contributed by atoms with E-state index >= 15 is 0 Å². The van der Waals surface area contributed by atoms with Gasteiger partial charge < -0.3 is 25.6 Å². The van der Waals surface area contributed by atoms with Gasteiger partial charge in [-0.05, 0) is 44.0 Å². The Morgan fingerprint density at radius 1 is 1.25 bits per heavy atom. The average molecular weight is 425 g/mol. The number of nitrogens with one attached hydrogen (secondary N) is 2. The van der Waals surface area contributed by atoms with Crippen molar-refractivity contribution in [3.05, 3.63) is 51.5 Å². The molecule has 1 aliphatic rings. The average Bonchev–Trinajstić information content (AvgIpc) is 2.61. The number of amides is 1. The van der Waals surface area contributed by atoms with Crippen molar-refractivity contribution < 1.29 is 19.7 Å². The molecule has 0 aliphatic carbocycles. The number of aliphatic hydroxyl groups is 1. The van der Waals surface area contributed by atoms with Crippen LogP contribution >= 0.6 is 23.2 Å². The Labute approximate surface area is 173 Å². The van der Waals surface area contributed by atoms with Gasteiger partial charge in [0.15, 0.2) is 6.61 Å². The van der Waals surface area contributed by atoms with Gasteiger partial charge in [-0.25, -0.2) is 0 Å². The second-order valence-electron chi connectivity index (χ2n) is 7.45. The summed E-state index contributed by atoms with van der Waals surface area (Å²) in [5.74, 6) is 0.00192. The van der Waals surface area contributed by atoms with Crippen LogP contribution in [0.25, 0.3) is 0 Å². The van der Waals surface area contributed by atoms with E-state index in [1.54, 1.807) is 6.07 Å². The summed E-state index contributed by atoms with van der Waals surface area (Å²) in [6, 6.07) is 8.33. The molecule has 0 radical (unpaired) electrons. The van der Waals surface area contributed by atoms with E-state index in [1.165, 1.54) is 12.1 Å². The predicted molar refractivity (Wildman–Crippen MR) is 109 cm³/mol. The quantitative estimate of drug-likeness (QED) is 0.567. The van der Waals surface area contributed by atoms with E-state index in [-0.39, 0.29) is 30.3 Å². The number of anilines is 1. The van der Waals surface area contributed by atoms with E-state index < -0.39 is 6.10 Å². The normalized spacial score (nSPS) is 14.8. The van der Waals surface area contributed by atoms with Gasteiger partial charge in [-0.2, -0.15) is 0 Å². The van der Waals surface area contributed by atoms with Gasteiger partial charge >= 0.3 is 0 Å². The molecule has 150 valence electrons. The van der Waals surface area contributed by atoms with Gasteiger partial charge in [-0.1, -0.05) is 29.3 Å². The summed E-state index contributed by atoms with van der Waals surface area (Å²) in [7, 11) is 0. The van der Waals surface area contributed by atoms with Gasteiger partial charge in [0, 0.05) is 23.7 Å². The largest absolute Gasteiger partial charge is 0.508 e. The van der Waals surface area contributed by atoms with Crippen molar-refractivity contribution in [3.63, 3.8) is 0 Å². The Kier molecular flexibility index (Phi) is 6.05. The van der Waals surface area contributed by atoms with Crippen LogP contribution in [0.5, 0.6) is 11.5 Å². The second-order valence-corrected chi connectivity index (χ2v) is 8.27. The minimum absolute atomic E-state index is 0.0614. The van der Waals surface area contributed by atoms with Crippen molar-refractivity contribution in [3.8, 4) is 11.5 Å². The number of fused-ring (bicyclic) bond motifs is 1. The summed E-state index contributed by atoms with van der Waals surface area (Å²) in [4.78, 5) is 11.5. The van der Waals surface area contributed by atoms with Gasteiger partial charge in [0.1, 0.15) is 11.5 Å². The fraction of sp³-hybridized carbons (Fsp3) is 0.350. The molecule has 1 heterocycles. The maximum absolute atomic E-state index is 11.5. The lowest BCUT2D eigenvalue weighted by atomic mass is 9.94. The fourth-order valence-corrected chi connectivity index (χ4v) is 3.49. The van der Waals surface area contributed by atoms with Crippen LogP contribution in [-0.2, 0) is 11.2 Å². The molecule has 0 unspecified atom stereocenters. The van der Waals surface area contributed by atoms with Crippen molar-refractivity contribution in [1.29, 1.82) is 0 Å². The molecule has 0 bridgehead atoms. The number of rotatable bonds is 6. The number of carbonyl (C=O) groups is 1. The molecular weight excluding hydrogens is 403 g/mol. The van der Waals surface area contributed by atoms with Crippen molar-refractivity contribution >= 4 is 34.8 Å². The number of aromatic hydroxyl groups is 1. The molecule has 6 nitrogen and oxygen atoms in total. The molecule has 0 saturated heterocycles. The highest BCUT2D eigenvalue weighted by molar-refractivity contribution is 6.42. The highest BCUT2D eigenvalue weighted by Crippen LogP contribution is 2.38. The highest BCUT2D eigenvalue weighted by Gasteiger charge is 2.26. The van der Waals surface area contributed by atoms with Crippen LogP contribution in [-0.4, -0.2) is 34.8 Å². The second kappa shape index (κ2) is 8.17. The van der Waals surface area contributed by atoms with Crippen LogP contribution in [0.15, 0.2) is 30.3 Å². The lowest BCUT2D eigenvalue weighted by Gasteiger charge is -2.29. The van der Waals surface area contributed by atoms with E-state index in [0.717, 1.165) is 5.56 Å². The molecule has 3 rings (SSSR count). The molecule has 0 fully saturated rings. The molecule has 0 saturated carbocycles. The molecule has 0 aromatic heterocycles. The Balaban J connectivity index is 1.70. The molecule has 28 heavy (non-hydrogen) atoms. The summed E-state index contributed by atoms with van der Waals surface area (Å²) in [6.07, 6.45) is -0.273. The topological polar surface area (TPSA) is 90.8 Å². The first-order valence-electron chi connectivity index (χ1n) is 8.81. The molecule has 0 spiro atoms. The van der Waals surface area contributed by atoms with E-state index in [1.807, 2.05) is 26.0 Å². The monoisotopic (exact) mass is 424 g/mol. The Morgan fingerprint density at radius 3 is 2.71 bits per heavy atom. The third kappa shape index (κ3) is 4.89. The van der Waals surface area contributed by atoms with Crippen LogP contribution < -0.4 is 15.4 Å². The summed E-state index contributed by atoms with van der Waals surface area (Å²) in [5.41, 5.74) is 1.43. The number of halogens is 2. The molecular formula is C20H22Cl2N2O4. The molecule has 4 N–H and O–H groups in total. The van der Waals surface area contributed by atoms with Crippen LogP contribution in [0.4, 0.5) is 5.69 Å². The lowest BCUT2D eigenvalue weighted by Crippen LogP contribution is -2.43. The zero-order chi connectivity index (χ0) is 20.5. The third-order valence-corrected chi connectivity index (χ3v) is 5.23. The zero-order valence-corrected chi connectivity index (χ0v) is 17.1. The van der Waals surface area contributed by atoms with Crippen molar-refractivity contribution in [2.75, 3.05) is 18.5 Å². The van der Waals surface area contributed by atoms with Crippen LogP contribution in [0.3, 0.4) is 0 Å². The smallest absolute Gasteiger partial charge is 0.262 e. The van der Waals surface area contributed by atoms with Crippen LogP contribution in [0.1, 0.15) is 31.1 Å². The van der Waals surface area contributed by atoms with Crippen LogP contribution in [0.2, 0.25) is 10.0 Å². The highest BCUT2D eigenvalue weighted by atomic mass is 35.5. The molecule has 2 aromatic rings. The van der Waals surface area contributed by atoms with Gasteiger partial charge in [0.2, 0.25) is 0 Å². The van der Waals surface area contributed by atoms with E-state index in [2.05, 4.69) is 10.6 Å². The number of carbonyl (C=O) groups excluding carboxylic acids is 1. The standard InChI is InChI=1S/C20H22Cl2N2O4/c1-20(2,8-11-3-4-14(21)15(22)5-11)23-9-17(26)13-6-12(25)7-16-19(13)28-10-18(27)24-16/h3-7,17,23,25-26H,8-10H2,1-2H3,(H,24,27)/t17-/m0/s1. The number of hydrogen-bond acceptors (Lipinski definition) is 5. The minimum atomic E-state index is -0.941. The maximum atomic E-state index is 11.5. The summed E-state index contributed by atoms with van der Waals surface area (Å²) < 4.78 is 5.46. The van der Waals surface area contributed by atoms with E-state index in [4.69, 9.17) is 27.9 Å². The first kappa shape index (κ1) is 20.7. The van der Waals surface area contributed by atoms with E-state index in [9.17, 15) is 15.0 Å². The number of hydrogen-bond donors (Lipinski definition) is 4. The fourth-order valence-electron chi connectivity index (χ4n) is 3.17. The Bertz CT molecular complexity index is 902. The summed E-state index contributed by atoms with van der Waals surface area (Å²) in [6.45, 7) is 4.11. The van der Waals surface area contributed by atoms with E-state index in [0.29, 0.717) is 33.5 Å². The van der Waals surface area contributed by atoms with Crippen LogP contribution in [0, 0.1) is 0 Å². The molecule has 2 aromatic carbocycles. The predicted octanol–water partition coefficient (Wildman–Crippen LogP) is 3.67. The minimum Gasteiger partial charge on any atom is -0.508 e. The SMILES string of the molecule is CC(C)(Cc1ccc(Cl)c(Cl)c1)NC[C@H](O)c1cc(O)cc2c1OCC(=O)N2. The molecule has 8 heteroatoms. The first-order chi connectivity index (χ1) is 13.1. The Morgan fingerprint density at radius 2 is 2.00 bits per heavy atom. The zero-order valence-electron chi connectivity index (χ0n) is 15.6. The number of phenolic OH excluding ortho intramolecular Hbond substituents is 1. The van der Waals surface area contributed by atoms with Crippen molar-refractivity contribution in [2.45, 2.75) is 31.9 Å². The van der Waals surface area contributed by atoms with Gasteiger partial charge in [0.05, 0.1) is 21.8 Å². The van der Waals surface area contributed by atoms with Gasteiger partial charge in [-0.15, -0.1) is 0 Å². The third-order valence-electron chi connectivity index (χ3n) is 4.49. The molecule has 1 aliphatic heterocycles. The molecule has 1 amide bonds. The first-order valence-corrected chi connectivity index (χ1v) is 9.57. The Hall–Kier alpha value is -1.99. The van der Waals surface area contributed by atoms with Gasteiger partial charge in [0.25, 0.3) is 5.91 Å².